The number of aromatic nitrogens is 2. The van der Waals surface area contributed by atoms with Crippen LogP contribution in [-0.4, -0.2) is 36.2 Å². The number of para-hydroxylation sites is 2. The van der Waals surface area contributed by atoms with Gasteiger partial charge >= 0.3 is 0 Å². The molecule has 0 unspecified atom stereocenters. The van der Waals surface area contributed by atoms with E-state index in [9.17, 15) is 10.1 Å². The number of fused-ring (bicyclic) bond motifs is 1. The van der Waals surface area contributed by atoms with Crippen molar-refractivity contribution in [3.05, 3.63) is 46.8 Å². The number of ether oxygens (including phenoxy) is 3. The number of nitro benzene ring substituents is 1. The van der Waals surface area contributed by atoms with E-state index >= 15 is 0 Å². The summed E-state index contributed by atoms with van der Waals surface area (Å²) in [5.41, 5.74) is 0.735. The lowest BCUT2D eigenvalue weighted by molar-refractivity contribution is -0.383. The lowest BCUT2D eigenvalue weighted by Crippen LogP contribution is -2.02. The van der Waals surface area contributed by atoms with Crippen LogP contribution < -0.4 is 19.5 Å². The lowest BCUT2D eigenvalue weighted by Gasteiger charge is -2.15. The van der Waals surface area contributed by atoms with E-state index in [-0.39, 0.29) is 18.1 Å². The fraction of sp³-hybridized carbons (Fsp3) is 0.176. The molecule has 0 amide bonds. The molecular weight excluding hydrogens is 376 g/mol. The van der Waals surface area contributed by atoms with Crippen molar-refractivity contribution in [2.24, 2.45) is 0 Å². The number of hydrogen-bond donors (Lipinski definition) is 1. The monoisotopic (exact) mass is 392 g/mol. The highest BCUT2D eigenvalue weighted by Crippen LogP contribution is 2.44. The average Bonchev–Trinajstić information content (AvgIpc) is 2.66. The van der Waals surface area contributed by atoms with Crippen LogP contribution in [0.5, 0.6) is 17.2 Å². The lowest BCUT2D eigenvalue weighted by atomic mass is 10.1. The molecule has 3 rings (SSSR count). The molecule has 0 fully saturated rings. The number of hydrogen-bond acceptors (Lipinski definition) is 8. The first kappa shape index (κ1) is 20.0. The third-order valence-electron chi connectivity index (χ3n) is 3.79. The predicted octanol–water partition coefficient (Wildman–Crippen LogP) is 3.73. The molecule has 0 aliphatic carbocycles. The Hall–Kier alpha value is -3.33. The number of benzene rings is 2. The fourth-order valence-corrected chi connectivity index (χ4v) is 2.63. The largest absolute Gasteiger partial charge is 0.493 e. The summed E-state index contributed by atoms with van der Waals surface area (Å²) in [4.78, 5) is 19.2. The Kier molecular flexibility index (Phi) is 6.19. The number of halogens is 1. The van der Waals surface area contributed by atoms with E-state index in [0.29, 0.717) is 39.7 Å². The molecule has 0 aliphatic rings. The minimum absolute atomic E-state index is 0. The molecule has 0 saturated carbocycles. The summed E-state index contributed by atoms with van der Waals surface area (Å²) in [6, 6.07) is 8.00. The van der Waals surface area contributed by atoms with Gasteiger partial charge in [0.2, 0.25) is 5.75 Å². The van der Waals surface area contributed by atoms with Crippen LogP contribution in [0.4, 0.5) is 17.2 Å². The zero-order valence-electron chi connectivity index (χ0n) is 14.8. The van der Waals surface area contributed by atoms with Crippen molar-refractivity contribution in [2.45, 2.75) is 0 Å². The van der Waals surface area contributed by atoms with Crippen LogP contribution in [0.15, 0.2) is 36.7 Å². The van der Waals surface area contributed by atoms with Crippen LogP contribution >= 0.6 is 12.4 Å². The van der Waals surface area contributed by atoms with Crippen molar-refractivity contribution in [1.82, 2.24) is 9.97 Å². The molecule has 0 bridgehead atoms. The number of nitrogens with one attached hydrogen (secondary N) is 1. The maximum absolute atomic E-state index is 11.2. The van der Waals surface area contributed by atoms with Gasteiger partial charge in [-0.05, 0) is 12.1 Å². The van der Waals surface area contributed by atoms with Gasteiger partial charge in [-0.15, -0.1) is 12.4 Å². The Labute approximate surface area is 160 Å². The Morgan fingerprint density at radius 2 is 1.74 bits per heavy atom. The van der Waals surface area contributed by atoms with E-state index in [1.54, 1.807) is 24.3 Å². The molecule has 27 heavy (non-hydrogen) atoms. The van der Waals surface area contributed by atoms with Crippen LogP contribution in [0.3, 0.4) is 0 Å². The third kappa shape index (κ3) is 3.63. The van der Waals surface area contributed by atoms with Crippen molar-refractivity contribution < 1.29 is 19.1 Å². The molecule has 1 heterocycles. The van der Waals surface area contributed by atoms with Crippen molar-refractivity contribution in [2.75, 3.05) is 26.6 Å². The van der Waals surface area contributed by atoms with E-state index < -0.39 is 4.92 Å². The molecule has 142 valence electrons. The number of anilines is 2. The molecule has 3 aromatic rings. The molecule has 1 aromatic heterocycles. The van der Waals surface area contributed by atoms with Crippen LogP contribution in [0.25, 0.3) is 10.9 Å². The number of nitrogens with zero attached hydrogens (tertiary/aromatic N) is 3. The molecule has 10 heteroatoms. The predicted molar refractivity (Wildman–Crippen MR) is 103 cm³/mol. The van der Waals surface area contributed by atoms with Gasteiger partial charge in [0.25, 0.3) is 5.69 Å². The molecule has 0 spiro atoms. The first-order chi connectivity index (χ1) is 12.6. The molecule has 1 N–H and O–H groups in total. The Balaban J connectivity index is 0.00000261. The number of rotatable bonds is 6. The summed E-state index contributed by atoms with van der Waals surface area (Å²) in [5, 5.41) is 14.8. The zero-order valence-corrected chi connectivity index (χ0v) is 15.6. The van der Waals surface area contributed by atoms with Crippen LogP contribution in [-0.2, 0) is 0 Å². The summed E-state index contributed by atoms with van der Waals surface area (Å²) >= 11 is 0. The van der Waals surface area contributed by atoms with Crippen LogP contribution in [0, 0.1) is 10.1 Å². The molecule has 0 radical (unpaired) electrons. The number of methoxy groups -OCH3 is 3. The quantitative estimate of drug-likeness (QED) is 0.499. The van der Waals surface area contributed by atoms with Gasteiger partial charge in [0.15, 0.2) is 11.5 Å². The first-order valence-electron chi connectivity index (χ1n) is 7.54. The van der Waals surface area contributed by atoms with Gasteiger partial charge < -0.3 is 19.5 Å². The standard InChI is InChI=1S/C17H16N4O5.ClH/c1-24-13-8-10-14(16(26-3)15(13)25-2)18-9-19-17(10)20-11-6-4-5-7-12(11)21(22)23;/h4-9H,1-3H3,(H,18,19,20);1H. The Bertz CT molecular complexity index is 983. The van der Waals surface area contributed by atoms with E-state index in [0.717, 1.165) is 0 Å². The second-order valence-electron chi connectivity index (χ2n) is 5.16. The molecule has 9 nitrogen and oxygen atoms in total. The van der Waals surface area contributed by atoms with Gasteiger partial charge in [-0.25, -0.2) is 9.97 Å². The molecule has 0 saturated heterocycles. The SMILES string of the molecule is COc1cc2c(Nc3ccccc3[N+](=O)[O-])ncnc2c(OC)c1OC.Cl. The first-order valence-corrected chi connectivity index (χ1v) is 7.54. The number of nitro groups is 1. The highest BCUT2D eigenvalue weighted by Gasteiger charge is 2.20. The maximum atomic E-state index is 11.2. The Morgan fingerprint density at radius 1 is 1.04 bits per heavy atom. The van der Waals surface area contributed by atoms with Gasteiger partial charge in [-0.3, -0.25) is 10.1 Å². The summed E-state index contributed by atoms with van der Waals surface area (Å²) in [7, 11) is 4.50. The summed E-state index contributed by atoms with van der Waals surface area (Å²) < 4.78 is 16.1. The summed E-state index contributed by atoms with van der Waals surface area (Å²) in [5.74, 6) is 1.59. The zero-order chi connectivity index (χ0) is 18.7. The Morgan fingerprint density at radius 3 is 2.37 bits per heavy atom. The normalized spacial score (nSPS) is 10.0. The minimum Gasteiger partial charge on any atom is -0.493 e. The van der Waals surface area contributed by atoms with E-state index in [1.807, 2.05) is 0 Å². The second-order valence-corrected chi connectivity index (χ2v) is 5.16. The van der Waals surface area contributed by atoms with Crippen molar-refractivity contribution >= 4 is 40.5 Å². The van der Waals surface area contributed by atoms with E-state index in [2.05, 4.69) is 15.3 Å². The average molecular weight is 393 g/mol. The van der Waals surface area contributed by atoms with Gasteiger partial charge in [-0.1, -0.05) is 12.1 Å². The molecular formula is C17H17ClN4O5. The maximum Gasteiger partial charge on any atom is 0.292 e. The summed E-state index contributed by atoms with van der Waals surface area (Å²) in [6.07, 6.45) is 1.34. The molecule has 0 aliphatic heterocycles. The van der Waals surface area contributed by atoms with Crippen molar-refractivity contribution in [3.8, 4) is 17.2 Å². The van der Waals surface area contributed by atoms with Crippen molar-refractivity contribution in [3.63, 3.8) is 0 Å². The smallest absolute Gasteiger partial charge is 0.292 e. The third-order valence-corrected chi connectivity index (χ3v) is 3.79. The molecule has 0 atom stereocenters. The van der Waals surface area contributed by atoms with Crippen LogP contribution in [0.1, 0.15) is 0 Å². The highest BCUT2D eigenvalue weighted by molar-refractivity contribution is 5.98. The van der Waals surface area contributed by atoms with Crippen molar-refractivity contribution in [1.29, 1.82) is 0 Å². The van der Waals surface area contributed by atoms with Gasteiger partial charge in [-0.2, -0.15) is 0 Å². The second kappa shape index (κ2) is 8.37. The van der Waals surface area contributed by atoms with E-state index in [1.165, 1.54) is 33.7 Å². The molecule has 2 aromatic carbocycles. The minimum atomic E-state index is -0.462. The highest BCUT2D eigenvalue weighted by atomic mass is 35.5. The van der Waals surface area contributed by atoms with Gasteiger partial charge in [0.1, 0.15) is 23.3 Å². The van der Waals surface area contributed by atoms with Gasteiger partial charge in [0, 0.05) is 6.07 Å². The van der Waals surface area contributed by atoms with Gasteiger partial charge in [0.05, 0.1) is 31.6 Å². The summed E-state index contributed by atoms with van der Waals surface area (Å²) in [6.45, 7) is 0. The van der Waals surface area contributed by atoms with E-state index in [4.69, 9.17) is 14.2 Å². The fourth-order valence-electron chi connectivity index (χ4n) is 2.63. The topological polar surface area (TPSA) is 109 Å². The van der Waals surface area contributed by atoms with Crippen LogP contribution in [0.2, 0.25) is 0 Å².